The maximum absolute atomic E-state index is 14.2. The molecule has 2 aromatic carbocycles. The highest BCUT2D eigenvalue weighted by Gasteiger charge is 2.60. The van der Waals surface area contributed by atoms with Gasteiger partial charge < -0.3 is 4.74 Å². The number of halogens is 3. The first-order chi connectivity index (χ1) is 21.7. The van der Waals surface area contributed by atoms with Crippen LogP contribution in [0.15, 0.2) is 75.7 Å². The van der Waals surface area contributed by atoms with Gasteiger partial charge in [0, 0.05) is 63.9 Å². The molecule has 0 aromatic heterocycles. The third kappa shape index (κ3) is 5.96. The Hall–Kier alpha value is -1.94. The van der Waals surface area contributed by atoms with Gasteiger partial charge in [-0.2, -0.15) is 17.9 Å². The van der Waals surface area contributed by atoms with Gasteiger partial charge in [-0.25, -0.2) is 21.2 Å². The van der Waals surface area contributed by atoms with Crippen molar-refractivity contribution in [2.24, 2.45) is 0 Å². The summed E-state index contributed by atoms with van der Waals surface area (Å²) in [6, 6.07) is 10.0. The van der Waals surface area contributed by atoms with Crippen LogP contribution in [0.3, 0.4) is 0 Å². The maximum atomic E-state index is 14.2. The van der Waals surface area contributed by atoms with E-state index in [4.69, 9.17) is 4.74 Å². The zero-order valence-corrected chi connectivity index (χ0v) is 30.5. The zero-order valence-electron chi connectivity index (χ0n) is 25.7. The van der Waals surface area contributed by atoms with Crippen molar-refractivity contribution in [1.29, 1.82) is 0 Å². The van der Waals surface area contributed by atoms with Gasteiger partial charge >= 0.3 is 6.09 Å². The van der Waals surface area contributed by atoms with Crippen LogP contribution in [0, 0.1) is 19.7 Å². The number of aryl methyl sites for hydroxylation is 2. The number of piperidine rings is 2. The number of carbonyl (C=O) groups excluding carboxylic acids is 1. The number of alkyl halides is 2. The lowest BCUT2D eigenvalue weighted by Crippen LogP contribution is -2.69. The molecule has 1 unspecified atom stereocenters. The molecule has 248 valence electrons. The highest BCUT2D eigenvalue weighted by molar-refractivity contribution is 9.25. The fourth-order valence-electron chi connectivity index (χ4n) is 7.49. The first-order valence-corrected chi connectivity index (χ1v) is 19.8. The summed E-state index contributed by atoms with van der Waals surface area (Å²) >= 11 is 7.39. The molecular weight excluding hydrogens is 765 g/mol. The number of sulfonamides is 2. The van der Waals surface area contributed by atoms with Crippen LogP contribution in [0.1, 0.15) is 43.2 Å². The minimum absolute atomic E-state index is 0.0550. The van der Waals surface area contributed by atoms with Crippen LogP contribution in [0.2, 0.25) is 0 Å². The number of carbonyl (C=O) groups is 1. The largest absolute Gasteiger partial charge is 0.522 e. The van der Waals surface area contributed by atoms with E-state index >= 15 is 0 Å². The molecule has 2 aromatic rings. The molecule has 3 fully saturated rings. The van der Waals surface area contributed by atoms with E-state index in [1.54, 1.807) is 25.1 Å². The molecule has 46 heavy (non-hydrogen) atoms. The molecule has 3 heterocycles. The number of nitrogens with zero attached hydrogens (tertiary/aromatic N) is 3. The van der Waals surface area contributed by atoms with E-state index < -0.39 is 29.1 Å². The van der Waals surface area contributed by atoms with E-state index in [1.807, 2.05) is 19.1 Å². The summed E-state index contributed by atoms with van der Waals surface area (Å²) in [5.74, 6) is -0.617. The van der Waals surface area contributed by atoms with Gasteiger partial charge in [0.05, 0.1) is 9.79 Å². The van der Waals surface area contributed by atoms with E-state index in [-0.39, 0.29) is 65.2 Å². The fourth-order valence-corrected chi connectivity index (χ4v) is 11.6. The number of quaternary nitrogens is 1. The van der Waals surface area contributed by atoms with Crippen molar-refractivity contribution in [1.82, 2.24) is 8.61 Å². The van der Waals surface area contributed by atoms with Crippen LogP contribution in [0.25, 0.3) is 0 Å². The van der Waals surface area contributed by atoms with Gasteiger partial charge in [0.1, 0.15) is 33.4 Å². The molecule has 0 spiro atoms. The van der Waals surface area contributed by atoms with E-state index in [0.717, 1.165) is 22.9 Å². The van der Waals surface area contributed by atoms with Gasteiger partial charge in [-0.1, -0.05) is 50.1 Å². The molecule has 3 saturated heterocycles. The molecule has 6 rings (SSSR count). The van der Waals surface area contributed by atoms with Crippen molar-refractivity contribution >= 4 is 58.0 Å². The van der Waals surface area contributed by atoms with Crippen molar-refractivity contribution in [2.45, 2.75) is 71.1 Å². The molecule has 1 aliphatic carbocycles. The molecule has 14 heteroatoms. The molecule has 1 atom stereocenters. The molecule has 3 aliphatic heterocycles. The predicted molar refractivity (Wildman–Crippen MR) is 179 cm³/mol. The standard InChI is InChI=1S/C32H37Br2FN3O6S2/c1-22-4-3-5-28(18-22)45(40,41)36-14-9-26(10-15-36)38(29-8-13-32(33,34)20-24(29)21-44-31(38)39)27-11-16-37(17-12-27)46(42,43)30-19-25(35)7-6-23(30)2/h3-8,18-20,26-27H,9-17,21H2,1-2H3/q+1. The van der Waals surface area contributed by atoms with Crippen molar-refractivity contribution in [3.63, 3.8) is 0 Å². The van der Waals surface area contributed by atoms with E-state index in [1.165, 1.54) is 20.7 Å². The third-order valence-electron chi connectivity index (χ3n) is 9.73. The van der Waals surface area contributed by atoms with Gasteiger partial charge in [-0.3, -0.25) is 0 Å². The normalized spacial score (nSPS) is 25.4. The molecule has 0 saturated carbocycles. The molecule has 0 radical (unpaired) electrons. The highest BCUT2D eigenvalue weighted by Crippen LogP contribution is 2.49. The predicted octanol–water partition coefficient (Wildman–Crippen LogP) is 6.12. The lowest BCUT2D eigenvalue weighted by molar-refractivity contribution is -0.875. The summed E-state index contributed by atoms with van der Waals surface area (Å²) in [7, 11) is -7.68. The van der Waals surface area contributed by atoms with Gasteiger partial charge in [0.2, 0.25) is 20.0 Å². The van der Waals surface area contributed by atoms with Crippen molar-refractivity contribution in [2.75, 3.05) is 32.8 Å². The Balaban J connectivity index is 1.31. The first kappa shape index (κ1) is 33.9. The number of amides is 1. The summed E-state index contributed by atoms with van der Waals surface area (Å²) in [5, 5.41) is 0. The number of hydrogen-bond acceptors (Lipinski definition) is 6. The monoisotopic (exact) mass is 800 g/mol. The lowest BCUT2D eigenvalue weighted by Gasteiger charge is -2.53. The van der Waals surface area contributed by atoms with Crippen LogP contribution >= 0.6 is 31.9 Å². The smallest absolute Gasteiger partial charge is 0.415 e. The molecule has 4 aliphatic rings. The van der Waals surface area contributed by atoms with Crippen LogP contribution in [0.4, 0.5) is 9.18 Å². The average Bonchev–Trinajstić information content (AvgIpc) is 3.02. The van der Waals surface area contributed by atoms with Gasteiger partial charge in [0.25, 0.3) is 0 Å². The van der Waals surface area contributed by atoms with Crippen molar-refractivity contribution in [3.8, 4) is 0 Å². The number of allylic oxidation sites excluding steroid dienone is 2. The molecular formula is C32H37Br2FN3O6S2+. The summed E-state index contributed by atoms with van der Waals surface area (Å²) < 4.78 is 76.7. The fraction of sp³-hybridized carbons (Fsp3) is 0.469. The van der Waals surface area contributed by atoms with Gasteiger partial charge in [-0.15, -0.1) is 0 Å². The SMILES string of the molecule is Cc1cccc(S(=O)(=O)N2CCC([N+]3(C4CCN(S(=O)(=O)c5cc(F)ccc5C)CC4)C(=O)OCC4=CC(Br)(Br)CC=C43)CC2)c1. The summed E-state index contributed by atoms with van der Waals surface area (Å²) in [5.41, 5.74) is 3.05. The number of hydrogen-bond donors (Lipinski definition) is 0. The summed E-state index contributed by atoms with van der Waals surface area (Å²) in [6.07, 6.45) is 5.89. The van der Waals surface area contributed by atoms with Crippen LogP contribution < -0.4 is 0 Å². The summed E-state index contributed by atoms with van der Waals surface area (Å²) in [6.45, 7) is 4.42. The summed E-state index contributed by atoms with van der Waals surface area (Å²) in [4.78, 5) is 14.4. The van der Waals surface area contributed by atoms with E-state index in [9.17, 15) is 26.0 Å². The van der Waals surface area contributed by atoms with Crippen LogP contribution in [-0.4, -0.2) is 84.1 Å². The highest BCUT2D eigenvalue weighted by atomic mass is 79.9. The zero-order chi connectivity index (χ0) is 33.1. The van der Waals surface area contributed by atoms with E-state index in [0.29, 0.717) is 37.7 Å². The van der Waals surface area contributed by atoms with Gasteiger partial charge in [-0.05, 0) is 61.4 Å². The number of cyclic esters (lactones) is 1. The molecule has 0 bridgehead atoms. The maximum Gasteiger partial charge on any atom is 0.522 e. The Labute approximate surface area is 287 Å². The second kappa shape index (κ2) is 12.5. The van der Waals surface area contributed by atoms with Crippen molar-refractivity contribution < 1.29 is 35.2 Å². The molecule has 0 N–H and O–H groups in total. The Morgan fingerprint density at radius 1 is 0.891 bits per heavy atom. The Bertz CT molecular complexity index is 1830. The lowest BCUT2D eigenvalue weighted by atomic mass is 9.88. The Morgan fingerprint density at radius 3 is 2.11 bits per heavy atom. The minimum atomic E-state index is -3.96. The number of fused-ring (bicyclic) bond motifs is 1. The van der Waals surface area contributed by atoms with Crippen molar-refractivity contribution in [3.05, 3.63) is 82.8 Å². The van der Waals surface area contributed by atoms with Gasteiger partial charge in [0.15, 0.2) is 0 Å². The van der Waals surface area contributed by atoms with Crippen LogP contribution in [-0.2, 0) is 24.8 Å². The topological polar surface area (TPSA) is 101 Å². The number of benzene rings is 2. The second-order valence-corrected chi connectivity index (χ2v) is 20.3. The minimum Gasteiger partial charge on any atom is -0.415 e. The number of rotatable bonds is 6. The Morgan fingerprint density at radius 2 is 1.50 bits per heavy atom. The third-order valence-corrected chi connectivity index (χ3v) is 14.8. The Kier molecular flexibility index (Phi) is 9.22. The quantitative estimate of drug-likeness (QED) is 0.258. The average molecular weight is 803 g/mol. The molecule has 1 amide bonds. The first-order valence-electron chi connectivity index (χ1n) is 15.4. The second-order valence-electron chi connectivity index (χ2n) is 12.6. The van der Waals surface area contributed by atoms with E-state index in [2.05, 4.69) is 37.9 Å². The number of ether oxygens (including phenoxy) is 1. The molecule has 9 nitrogen and oxygen atoms in total. The van der Waals surface area contributed by atoms with Crippen LogP contribution in [0.5, 0.6) is 0 Å².